The number of nitrogens with zero attached hydrogens (tertiary/aromatic N) is 2. The SMILES string of the molecule is O=C(CCC(=O)Nc1nc2ccccc2s1)Nc1nc2ccccc2s1. The van der Waals surface area contributed by atoms with Gasteiger partial charge >= 0.3 is 0 Å². The highest BCUT2D eigenvalue weighted by Crippen LogP contribution is 2.26. The summed E-state index contributed by atoms with van der Waals surface area (Å²) in [6.07, 6.45) is 0.180. The van der Waals surface area contributed by atoms with E-state index < -0.39 is 0 Å². The van der Waals surface area contributed by atoms with Gasteiger partial charge < -0.3 is 10.6 Å². The fourth-order valence-corrected chi connectivity index (χ4v) is 4.21. The lowest BCUT2D eigenvalue weighted by Gasteiger charge is -2.02. The van der Waals surface area contributed by atoms with Crippen molar-refractivity contribution in [2.24, 2.45) is 0 Å². The van der Waals surface area contributed by atoms with Gasteiger partial charge in [0.2, 0.25) is 11.8 Å². The zero-order valence-corrected chi connectivity index (χ0v) is 15.2. The molecule has 0 fully saturated rings. The molecule has 0 unspecified atom stereocenters. The third kappa shape index (κ3) is 3.71. The molecule has 4 rings (SSSR count). The van der Waals surface area contributed by atoms with Gasteiger partial charge in [-0.05, 0) is 24.3 Å². The number of anilines is 2. The number of amides is 2. The van der Waals surface area contributed by atoms with E-state index in [1.165, 1.54) is 22.7 Å². The van der Waals surface area contributed by atoms with Crippen LogP contribution in [-0.2, 0) is 9.59 Å². The zero-order chi connectivity index (χ0) is 17.9. The Kier molecular flexibility index (Phi) is 4.59. The molecule has 26 heavy (non-hydrogen) atoms. The first-order valence-electron chi connectivity index (χ1n) is 7.98. The summed E-state index contributed by atoms with van der Waals surface area (Å²) in [6.45, 7) is 0. The Labute approximate surface area is 156 Å². The largest absolute Gasteiger partial charge is 0.302 e. The van der Waals surface area contributed by atoms with E-state index in [-0.39, 0.29) is 24.7 Å². The van der Waals surface area contributed by atoms with E-state index in [1.54, 1.807) is 0 Å². The van der Waals surface area contributed by atoms with Crippen molar-refractivity contribution in [3.63, 3.8) is 0 Å². The first kappa shape index (κ1) is 16.6. The highest BCUT2D eigenvalue weighted by atomic mass is 32.1. The molecular formula is C18H14N4O2S2. The predicted octanol–water partition coefficient (Wildman–Crippen LogP) is 4.26. The number of aromatic nitrogens is 2. The molecule has 8 heteroatoms. The molecule has 0 saturated heterocycles. The van der Waals surface area contributed by atoms with Crippen LogP contribution in [0.3, 0.4) is 0 Å². The van der Waals surface area contributed by atoms with Crippen molar-refractivity contribution >= 4 is 65.2 Å². The fraction of sp³-hybridized carbons (Fsp3) is 0.111. The summed E-state index contributed by atoms with van der Waals surface area (Å²) >= 11 is 2.83. The molecule has 0 aliphatic rings. The van der Waals surface area contributed by atoms with E-state index in [0.29, 0.717) is 10.3 Å². The fourth-order valence-electron chi connectivity index (χ4n) is 2.44. The highest BCUT2D eigenvalue weighted by Gasteiger charge is 2.12. The molecule has 2 N–H and O–H groups in total. The maximum Gasteiger partial charge on any atom is 0.226 e. The number of para-hydroxylation sites is 2. The minimum absolute atomic E-state index is 0.0899. The van der Waals surface area contributed by atoms with Crippen molar-refractivity contribution in [3.8, 4) is 0 Å². The molecule has 0 atom stereocenters. The van der Waals surface area contributed by atoms with Gasteiger partial charge in [0.1, 0.15) is 0 Å². The van der Waals surface area contributed by atoms with Crippen molar-refractivity contribution in [2.75, 3.05) is 10.6 Å². The number of benzene rings is 2. The molecule has 2 aromatic carbocycles. The number of rotatable bonds is 5. The monoisotopic (exact) mass is 382 g/mol. The van der Waals surface area contributed by atoms with Crippen molar-refractivity contribution in [3.05, 3.63) is 48.5 Å². The normalized spacial score (nSPS) is 10.9. The van der Waals surface area contributed by atoms with Crippen LogP contribution >= 0.6 is 22.7 Å². The average molecular weight is 382 g/mol. The number of fused-ring (bicyclic) bond motifs is 2. The molecule has 2 aromatic heterocycles. The Morgan fingerprint density at radius 3 is 1.58 bits per heavy atom. The predicted molar refractivity (Wildman–Crippen MR) is 106 cm³/mol. The van der Waals surface area contributed by atoms with Gasteiger partial charge in [-0.2, -0.15) is 0 Å². The molecule has 6 nitrogen and oxygen atoms in total. The van der Waals surface area contributed by atoms with Crippen LogP contribution in [0.15, 0.2) is 48.5 Å². The molecule has 0 aliphatic carbocycles. The summed E-state index contributed by atoms with van der Waals surface area (Å²) in [6, 6.07) is 15.4. The summed E-state index contributed by atoms with van der Waals surface area (Å²) in [5.41, 5.74) is 1.70. The first-order chi connectivity index (χ1) is 12.7. The molecule has 4 aromatic rings. The Bertz CT molecular complexity index is 949. The summed E-state index contributed by atoms with van der Waals surface area (Å²) in [4.78, 5) is 32.8. The van der Waals surface area contributed by atoms with Crippen LogP contribution in [0.25, 0.3) is 20.4 Å². The number of thiazole rings is 2. The number of carbonyl (C=O) groups excluding carboxylic acids is 2. The lowest BCUT2D eigenvalue weighted by Crippen LogP contribution is -2.17. The van der Waals surface area contributed by atoms with E-state index in [4.69, 9.17) is 0 Å². The number of hydrogen-bond donors (Lipinski definition) is 2. The summed E-state index contributed by atoms with van der Waals surface area (Å²) in [5, 5.41) is 6.58. The van der Waals surface area contributed by atoms with Crippen LogP contribution in [0.4, 0.5) is 10.3 Å². The zero-order valence-electron chi connectivity index (χ0n) is 13.6. The second-order valence-electron chi connectivity index (χ2n) is 5.57. The molecule has 0 spiro atoms. The van der Waals surface area contributed by atoms with E-state index in [2.05, 4.69) is 20.6 Å². The maximum atomic E-state index is 12.0. The van der Waals surface area contributed by atoms with Crippen molar-refractivity contribution in [2.45, 2.75) is 12.8 Å². The third-order valence-electron chi connectivity index (χ3n) is 3.66. The van der Waals surface area contributed by atoms with Crippen LogP contribution in [-0.4, -0.2) is 21.8 Å². The van der Waals surface area contributed by atoms with Gasteiger partial charge in [0.15, 0.2) is 10.3 Å². The molecule has 130 valence electrons. The van der Waals surface area contributed by atoms with Crippen LogP contribution in [0.1, 0.15) is 12.8 Å². The highest BCUT2D eigenvalue weighted by molar-refractivity contribution is 7.22. The minimum Gasteiger partial charge on any atom is -0.302 e. The number of hydrogen-bond acceptors (Lipinski definition) is 6. The first-order valence-corrected chi connectivity index (χ1v) is 9.61. The molecule has 0 bridgehead atoms. The number of carbonyl (C=O) groups is 2. The standard InChI is InChI=1S/C18H14N4O2S2/c23-15(21-17-19-11-5-1-3-7-13(11)25-17)9-10-16(24)22-18-20-12-6-2-4-8-14(12)26-18/h1-8H,9-10H2,(H,19,21,23)(H,20,22,24). The van der Waals surface area contributed by atoms with E-state index in [0.717, 1.165) is 20.4 Å². The minimum atomic E-state index is -0.233. The van der Waals surface area contributed by atoms with E-state index in [1.807, 2.05) is 48.5 Å². The van der Waals surface area contributed by atoms with Gasteiger partial charge in [0.25, 0.3) is 0 Å². The van der Waals surface area contributed by atoms with Crippen LogP contribution in [0.5, 0.6) is 0 Å². The quantitative estimate of drug-likeness (QED) is 0.540. The lowest BCUT2D eigenvalue weighted by atomic mass is 10.3. The molecule has 2 heterocycles. The van der Waals surface area contributed by atoms with Crippen molar-refractivity contribution in [1.29, 1.82) is 0 Å². The van der Waals surface area contributed by atoms with Gasteiger partial charge in [0, 0.05) is 12.8 Å². The van der Waals surface area contributed by atoms with Crippen LogP contribution < -0.4 is 10.6 Å². The molecule has 0 aliphatic heterocycles. The van der Waals surface area contributed by atoms with Crippen molar-refractivity contribution in [1.82, 2.24) is 9.97 Å². The topological polar surface area (TPSA) is 84.0 Å². The Morgan fingerprint density at radius 1 is 0.731 bits per heavy atom. The van der Waals surface area contributed by atoms with E-state index >= 15 is 0 Å². The van der Waals surface area contributed by atoms with Crippen molar-refractivity contribution < 1.29 is 9.59 Å². The smallest absolute Gasteiger partial charge is 0.226 e. The summed E-state index contributed by atoms with van der Waals surface area (Å²) < 4.78 is 2.02. The van der Waals surface area contributed by atoms with Gasteiger partial charge in [-0.25, -0.2) is 9.97 Å². The van der Waals surface area contributed by atoms with Crippen LogP contribution in [0, 0.1) is 0 Å². The van der Waals surface area contributed by atoms with E-state index in [9.17, 15) is 9.59 Å². The number of nitrogens with one attached hydrogen (secondary N) is 2. The van der Waals surface area contributed by atoms with Gasteiger partial charge in [-0.3, -0.25) is 9.59 Å². The third-order valence-corrected chi connectivity index (χ3v) is 5.56. The molecule has 2 amide bonds. The molecular weight excluding hydrogens is 368 g/mol. The Balaban J connectivity index is 1.31. The molecule has 0 radical (unpaired) electrons. The summed E-state index contributed by atoms with van der Waals surface area (Å²) in [5.74, 6) is -0.466. The maximum absolute atomic E-state index is 12.0. The van der Waals surface area contributed by atoms with Gasteiger partial charge in [-0.1, -0.05) is 46.9 Å². The average Bonchev–Trinajstić information content (AvgIpc) is 3.22. The van der Waals surface area contributed by atoms with Gasteiger partial charge in [-0.15, -0.1) is 0 Å². The second-order valence-corrected chi connectivity index (χ2v) is 7.63. The Morgan fingerprint density at radius 2 is 1.15 bits per heavy atom. The van der Waals surface area contributed by atoms with Crippen LogP contribution in [0.2, 0.25) is 0 Å². The summed E-state index contributed by atoms with van der Waals surface area (Å²) in [7, 11) is 0. The Hall–Kier alpha value is -2.84. The lowest BCUT2D eigenvalue weighted by molar-refractivity contribution is -0.121. The second kappa shape index (κ2) is 7.19. The molecule has 0 saturated carbocycles. The van der Waals surface area contributed by atoms with Gasteiger partial charge in [0.05, 0.1) is 20.4 Å².